The van der Waals surface area contributed by atoms with E-state index in [4.69, 9.17) is 23.8 Å². The van der Waals surface area contributed by atoms with Crippen LogP contribution < -0.4 is 0 Å². The number of nitrogens with zero attached hydrogens (tertiary/aromatic N) is 3. The van der Waals surface area contributed by atoms with Crippen molar-refractivity contribution < 1.29 is 8.83 Å². The highest BCUT2D eigenvalue weighted by Crippen LogP contribution is 2.43. The molecule has 0 saturated carbocycles. The second-order valence-electron chi connectivity index (χ2n) is 12.6. The van der Waals surface area contributed by atoms with Gasteiger partial charge in [-0.2, -0.15) is 0 Å². The van der Waals surface area contributed by atoms with Crippen molar-refractivity contribution in [3.05, 3.63) is 157 Å². The zero-order valence-electron chi connectivity index (χ0n) is 27.0. The number of allylic oxidation sites excluding steroid dienone is 1. The Balaban J connectivity index is 1.21. The standard InChI is InChI=1S/C45H29N3O2/c1-2-14-28(15-3-1)43-46-44(33-18-6-4-16-29(33)31-22-12-26-39-41(31)35-20-8-10-24-37(35)49-39)48-45(47-43)34-19-7-5-17-30(34)32-23-13-27-40-42(32)36-21-9-11-25-38(36)50-40/h1-8,10-20,22-27H,9,21H2. The Labute approximate surface area is 288 Å². The third-order valence-electron chi connectivity index (χ3n) is 9.66. The third-order valence-corrected chi connectivity index (χ3v) is 9.66. The van der Waals surface area contributed by atoms with Crippen molar-refractivity contribution in [1.82, 2.24) is 15.0 Å². The first-order valence-corrected chi connectivity index (χ1v) is 16.9. The Kier molecular flexibility index (Phi) is 6.56. The lowest BCUT2D eigenvalue weighted by Crippen LogP contribution is -2.02. The maximum absolute atomic E-state index is 6.32. The van der Waals surface area contributed by atoms with Gasteiger partial charge in [0.05, 0.1) is 0 Å². The first-order valence-electron chi connectivity index (χ1n) is 16.9. The summed E-state index contributed by atoms with van der Waals surface area (Å²) in [6.45, 7) is 0. The monoisotopic (exact) mass is 643 g/mol. The molecule has 6 aromatic carbocycles. The molecule has 0 fully saturated rings. The van der Waals surface area contributed by atoms with Gasteiger partial charge in [0.25, 0.3) is 0 Å². The molecule has 0 N–H and O–H groups in total. The van der Waals surface area contributed by atoms with Gasteiger partial charge in [-0.05, 0) is 59.4 Å². The van der Waals surface area contributed by atoms with E-state index < -0.39 is 0 Å². The van der Waals surface area contributed by atoms with Crippen molar-refractivity contribution in [2.75, 3.05) is 0 Å². The van der Waals surface area contributed by atoms with E-state index >= 15 is 0 Å². The SMILES string of the molecule is C1=Cc2oc3cccc(-c4ccccc4-c4nc(-c5ccccc5)nc(-c5ccccc5-c5cccc6oc7ccccc7c56)n4)c3c2CC1. The molecule has 1 aliphatic carbocycles. The van der Waals surface area contributed by atoms with Gasteiger partial charge in [0.15, 0.2) is 17.5 Å². The molecule has 0 bridgehead atoms. The molecule has 0 unspecified atom stereocenters. The van der Waals surface area contributed by atoms with E-state index in [1.165, 1.54) is 5.56 Å². The third kappa shape index (κ3) is 4.59. The van der Waals surface area contributed by atoms with Crippen LogP contribution in [0.25, 0.3) is 95.4 Å². The highest BCUT2D eigenvalue weighted by atomic mass is 16.3. The fourth-order valence-corrected chi connectivity index (χ4v) is 7.41. The van der Waals surface area contributed by atoms with Crippen LogP contribution in [0.4, 0.5) is 0 Å². The molecule has 0 radical (unpaired) electrons. The smallest absolute Gasteiger partial charge is 0.164 e. The number of benzene rings is 6. The second kappa shape index (κ2) is 11.5. The predicted molar refractivity (Wildman–Crippen MR) is 201 cm³/mol. The van der Waals surface area contributed by atoms with Gasteiger partial charge in [-0.3, -0.25) is 0 Å². The summed E-state index contributed by atoms with van der Waals surface area (Å²) in [7, 11) is 0. The lowest BCUT2D eigenvalue weighted by Gasteiger charge is -2.15. The quantitative estimate of drug-likeness (QED) is 0.187. The van der Waals surface area contributed by atoms with E-state index in [1.54, 1.807) is 0 Å². The molecule has 236 valence electrons. The number of fused-ring (bicyclic) bond motifs is 6. The molecule has 0 spiro atoms. The number of hydrogen-bond donors (Lipinski definition) is 0. The number of furan rings is 2. The minimum Gasteiger partial charge on any atom is -0.456 e. The zero-order valence-corrected chi connectivity index (χ0v) is 27.0. The van der Waals surface area contributed by atoms with Crippen LogP contribution in [0.15, 0.2) is 154 Å². The second-order valence-corrected chi connectivity index (χ2v) is 12.6. The Morgan fingerprint density at radius 2 is 0.960 bits per heavy atom. The van der Waals surface area contributed by atoms with Gasteiger partial charge in [0.2, 0.25) is 0 Å². The van der Waals surface area contributed by atoms with E-state index in [1.807, 2.05) is 60.7 Å². The van der Waals surface area contributed by atoms with Crippen LogP contribution in [-0.2, 0) is 6.42 Å². The Morgan fingerprint density at radius 3 is 1.68 bits per heavy atom. The molecule has 5 nitrogen and oxygen atoms in total. The molecule has 0 saturated heterocycles. The van der Waals surface area contributed by atoms with Gasteiger partial charge in [-0.25, -0.2) is 15.0 Å². The van der Waals surface area contributed by atoms with E-state index in [9.17, 15) is 0 Å². The van der Waals surface area contributed by atoms with Crippen LogP contribution in [-0.4, -0.2) is 15.0 Å². The lowest BCUT2D eigenvalue weighted by atomic mass is 9.92. The summed E-state index contributed by atoms with van der Waals surface area (Å²) in [5.74, 6) is 2.78. The highest BCUT2D eigenvalue weighted by molar-refractivity contribution is 6.13. The van der Waals surface area contributed by atoms with Crippen molar-refractivity contribution in [2.24, 2.45) is 0 Å². The molecule has 0 amide bonds. The predicted octanol–water partition coefficient (Wildman–Crippen LogP) is 11.8. The van der Waals surface area contributed by atoms with Crippen LogP contribution in [0.1, 0.15) is 17.7 Å². The fraction of sp³-hybridized carbons (Fsp3) is 0.0444. The molecule has 0 atom stereocenters. The minimum atomic E-state index is 0.605. The van der Waals surface area contributed by atoms with Gasteiger partial charge in [-0.1, -0.05) is 127 Å². The maximum atomic E-state index is 6.32. The largest absolute Gasteiger partial charge is 0.456 e. The molecular weight excluding hydrogens is 615 g/mol. The molecule has 0 aliphatic heterocycles. The Hall–Kier alpha value is -6.59. The summed E-state index contributed by atoms with van der Waals surface area (Å²) in [5.41, 5.74) is 10.9. The summed E-state index contributed by atoms with van der Waals surface area (Å²) in [6.07, 6.45) is 6.23. The molecule has 5 heteroatoms. The number of para-hydroxylation sites is 1. The van der Waals surface area contributed by atoms with E-state index in [-0.39, 0.29) is 0 Å². The maximum Gasteiger partial charge on any atom is 0.164 e. The Morgan fingerprint density at radius 1 is 0.420 bits per heavy atom. The lowest BCUT2D eigenvalue weighted by molar-refractivity contribution is 0.595. The van der Waals surface area contributed by atoms with E-state index in [0.29, 0.717) is 17.5 Å². The fourth-order valence-electron chi connectivity index (χ4n) is 7.41. The average molecular weight is 644 g/mol. The molecular formula is C45H29N3O2. The van der Waals surface area contributed by atoms with Gasteiger partial charge in [-0.15, -0.1) is 0 Å². The summed E-state index contributed by atoms with van der Waals surface area (Å²) >= 11 is 0. The summed E-state index contributed by atoms with van der Waals surface area (Å²) in [4.78, 5) is 15.6. The number of hydrogen-bond acceptors (Lipinski definition) is 5. The minimum absolute atomic E-state index is 0.605. The first-order chi connectivity index (χ1) is 24.8. The van der Waals surface area contributed by atoms with Crippen LogP contribution >= 0.6 is 0 Å². The van der Waals surface area contributed by atoms with Gasteiger partial charge in [0, 0.05) is 38.4 Å². The van der Waals surface area contributed by atoms with Crippen molar-refractivity contribution in [3.8, 4) is 56.4 Å². The van der Waals surface area contributed by atoms with Crippen LogP contribution in [0.3, 0.4) is 0 Å². The molecule has 3 heterocycles. The van der Waals surface area contributed by atoms with Crippen LogP contribution in [0.2, 0.25) is 0 Å². The van der Waals surface area contributed by atoms with Crippen molar-refractivity contribution >= 4 is 39.0 Å². The van der Waals surface area contributed by atoms with E-state index in [2.05, 4.69) is 91.0 Å². The highest BCUT2D eigenvalue weighted by Gasteiger charge is 2.23. The van der Waals surface area contributed by atoms with Crippen molar-refractivity contribution in [2.45, 2.75) is 12.8 Å². The van der Waals surface area contributed by atoms with E-state index in [0.717, 1.165) is 90.5 Å². The summed E-state index contributed by atoms with van der Waals surface area (Å²) < 4.78 is 12.6. The summed E-state index contributed by atoms with van der Waals surface area (Å²) in [5, 5.41) is 3.31. The summed E-state index contributed by atoms with van der Waals surface area (Å²) in [6, 6.07) is 47.6. The van der Waals surface area contributed by atoms with Crippen LogP contribution in [0.5, 0.6) is 0 Å². The molecule has 3 aromatic heterocycles. The normalized spacial score (nSPS) is 12.6. The average Bonchev–Trinajstić information content (AvgIpc) is 3.77. The molecule has 9 aromatic rings. The topological polar surface area (TPSA) is 65.0 Å². The van der Waals surface area contributed by atoms with Crippen molar-refractivity contribution in [1.29, 1.82) is 0 Å². The van der Waals surface area contributed by atoms with Crippen molar-refractivity contribution in [3.63, 3.8) is 0 Å². The van der Waals surface area contributed by atoms with Gasteiger partial charge < -0.3 is 8.83 Å². The number of aromatic nitrogens is 3. The first kappa shape index (κ1) is 28.4. The Bertz CT molecular complexity index is 2770. The number of rotatable bonds is 5. The molecule has 50 heavy (non-hydrogen) atoms. The van der Waals surface area contributed by atoms with Gasteiger partial charge in [0.1, 0.15) is 22.5 Å². The molecule has 10 rings (SSSR count). The number of aryl methyl sites for hydroxylation is 1. The molecule has 1 aliphatic rings. The van der Waals surface area contributed by atoms with Gasteiger partial charge >= 0.3 is 0 Å². The zero-order chi connectivity index (χ0) is 33.0. The van der Waals surface area contributed by atoms with Crippen LogP contribution in [0, 0.1) is 0 Å².